The number of carbonyl (C=O) groups is 1. The van der Waals surface area contributed by atoms with Gasteiger partial charge in [-0.3, -0.25) is 4.72 Å². The molecule has 6 heteroatoms. The number of aliphatic carboxylic acids is 1. The Balaban J connectivity index is 2.09. The van der Waals surface area contributed by atoms with Crippen molar-refractivity contribution in [2.75, 3.05) is 4.72 Å². The molecule has 0 aliphatic heterocycles. The molecule has 0 aromatic heterocycles. The minimum absolute atomic E-state index is 0.0904. The van der Waals surface area contributed by atoms with Gasteiger partial charge in [0.05, 0.1) is 4.90 Å². The summed E-state index contributed by atoms with van der Waals surface area (Å²) in [5, 5.41) is 10.5. The summed E-state index contributed by atoms with van der Waals surface area (Å²) >= 11 is 0. The Morgan fingerprint density at radius 3 is 2.20 bits per heavy atom. The predicted molar refractivity (Wildman–Crippen MR) is 95.7 cm³/mol. The number of hydrogen-bond acceptors (Lipinski definition) is 4. The van der Waals surface area contributed by atoms with Crippen molar-refractivity contribution < 1.29 is 18.3 Å². The van der Waals surface area contributed by atoms with Crippen LogP contribution in [0, 0.1) is 0 Å². The molecule has 2 aromatic carbocycles. The Bertz CT molecular complexity index is 812. The van der Waals surface area contributed by atoms with Crippen molar-refractivity contribution in [3.05, 3.63) is 59.7 Å². The Kier molecular flexibility index (Phi) is 6.20. The number of nitrogens with one attached hydrogen (secondary N) is 1. The molecule has 0 saturated carbocycles. The number of aryl methyl sites for hydroxylation is 1. The third kappa shape index (κ3) is 5.32. The number of rotatable bonds is 8. The fourth-order valence-electron chi connectivity index (χ4n) is 2.41. The topological polar surface area (TPSA) is 86.3 Å². The van der Waals surface area contributed by atoms with Crippen molar-refractivity contribution in [3.63, 3.8) is 0 Å². The summed E-state index contributed by atoms with van der Waals surface area (Å²) in [6.45, 7) is 4.24. The van der Waals surface area contributed by atoms with Gasteiger partial charge in [-0.25, -0.2) is 8.42 Å². The molecule has 2 rings (SSSR count). The first-order valence-corrected chi connectivity index (χ1v) is 9.71. The lowest BCUT2D eigenvalue weighted by molar-refractivity contribution is -0.305. The average molecular weight is 360 g/mol. The first kappa shape index (κ1) is 19.0. The molecule has 0 fully saturated rings. The van der Waals surface area contributed by atoms with Crippen molar-refractivity contribution in [1.29, 1.82) is 0 Å². The highest BCUT2D eigenvalue weighted by molar-refractivity contribution is 7.92. The molecule has 0 bridgehead atoms. The van der Waals surface area contributed by atoms with E-state index >= 15 is 0 Å². The molecule has 1 N–H and O–H groups in total. The van der Waals surface area contributed by atoms with Crippen molar-refractivity contribution in [2.24, 2.45) is 0 Å². The van der Waals surface area contributed by atoms with Crippen molar-refractivity contribution in [3.8, 4) is 0 Å². The maximum absolute atomic E-state index is 12.4. The molecule has 0 unspecified atom stereocenters. The van der Waals surface area contributed by atoms with Crippen LogP contribution in [0.1, 0.15) is 43.7 Å². The number of anilines is 1. The lowest BCUT2D eigenvalue weighted by Crippen LogP contribution is -2.22. The number of sulfonamides is 1. The first-order valence-electron chi connectivity index (χ1n) is 8.23. The molecule has 0 spiro atoms. The summed E-state index contributed by atoms with van der Waals surface area (Å²) in [7, 11) is -3.68. The van der Waals surface area contributed by atoms with Crippen LogP contribution in [0.4, 0.5) is 5.69 Å². The van der Waals surface area contributed by atoms with Crippen LogP contribution in [0.5, 0.6) is 0 Å². The quantitative estimate of drug-likeness (QED) is 0.784. The summed E-state index contributed by atoms with van der Waals surface area (Å²) in [5.41, 5.74) is 2.43. The SMILES string of the molecule is CC[C@@H](C)c1ccc(NS(=O)(=O)c2ccc(CCC(=O)[O-])cc2)cc1. The van der Waals surface area contributed by atoms with Crippen LogP contribution in [-0.2, 0) is 21.2 Å². The van der Waals surface area contributed by atoms with Gasteiger partial charge in [-0.1, -0.05) is 38.1 Å². The molecule has 0 amide bonds. The molecule has 0 aliphatic carbocycles. The predicted octanol–water partition coefficient (Wildman–Crippen LogP) is 2.68. The molecular formula is C19H22NO4S-. The molecule has 0 aliphatic rings. The van der Waals surface area contributed by atoms with Crippen LogP contribution in [0.2, 0.25) is 0 Å². The second-order valence-electron chi connectivity index (χ2n) is 6.05. The van der Waals surface area contributed by atoms with E-state index in [0.29, 0.717) is 18.0 Å². The van der Waals surface area contributed by atoms with E-state index < -0.39 is 16.0 Å². The Labute approximate surface area is 148 Å². The lowest BCUT2D eigenvalue weighted by Gasteiger charge is -2.12. The van der Waals surface area contributed by atoms with E-state index in [4.69, 9.17) is 0 Å². The molecule has 0 radical (unpaired) electrons. The maximum atomic E-state index is 12.4. The molecule has 1 atom stereocenters. The van der Waals surface area contributed by atoms with Gasteiger partial charge in [0.25, 0.3) is 10.0 Å². The molecule has 25 heavy (non-hydrogen) atoms. The second-order valence-corrected chi connectivity index (χ2v) is 7.74. The Hall–Kier alpha value is -2.34. The van der Waals surface area contributed by atoms with E-state index in [1.54, 1.807) is 24.3 Å². The fraction of sp³-hybridized carbons (Fsp3) is 0.316. The highest BCUT2D eigenvalue weighted by Crippen LogP contribution is 2.22. The number of hydrogen-bond donors (Lipinski definition) is 1. The van der Waals surface area contributed by atoms with E-state index in [2.05, 4.69) is 18.6 Å². The first-order chi connectivity index (χ1) is 11.8. The minimum atomic E-state index is -3.68. The van der Waals surface area contributed by atoms with E-state index in [1.807, 2.05) is 12.1 Å². The van der Waals surface area contributed by atoms with Gasteiger partial charge < -0.3 is 9.90 Å². The molecule has 0 heterocycles. The van der Waals surface area contributed by atoms with Crippen LogP contribution in [0.15, 0.2) is 53.4 Å². The van der Waals surface area contributed by atoms with Gasteiger partial charge in [0.2, 0.25) is 0 Å². The molecule has 0 saturated heterocycles. The van der Waals surface area contributed by atoms with E-state index in [0.717, 1.165) is 12.0 Å². The largest absolute Gasteiger partial charge is 0.550 e. The normalized spacial score (nSPS) is 12.6. The highest BCUT2D eigenvalue weighted by Gasteiger charge is 2.14. The summed E-state index contributed by atoms with van der Waals surface area (Å²) in [6, 6.07) is 13.5. The van der Waals surface area contributed by atoms with Crippen molar-refractivity contribution in [2.45, 2.75) is 43.9 Å². The monoisotopic (exact) mass is 360 g/mol. The van der Waals surface area contributed by atoms with E-state index in [9.17, 15) is 18.3 Å². The van der Waals surface area contributed by atoms with Crippen LogP contribution in [-0.4, -0.2) is 14.4 Å². The maximum Gasteiger partial charge on any atom is 0.261 e. The zero-order valence-electron chi connectivity index (χ0n) is 14.4. The van der Waals surface area contributed by atoms with Gasteiger partial charge in [-0.2, -0.15) is 0 Å². The standard InChI is InChI=1S/C19H23NO4S/c1-3-14(2)16-7-9-17(10-8-16)20-25(23,24)18-11-4-15(5-12-18)6-13-19(21)22/h4-5,7-12,14,20H,3,6,13H2,1-2H3,(H,21,22)/p-1/t14-/m1/s1. The number of carbonyl (C=O) groups excluding carboxylic acids is 1. The van der Waals surface area contributed by atoms with Crippen LogP contribution in [0.25, 0.3) is 0 Å². The summed E-state index contributed by atoms with van der Waals surface area (Å²) in [6.07, 6.45) is 1.25. The van der Waals surface area contributed by atoms with E-state index in [1.165, 1.54) is 17.7 Å². The Morgan fingerprint density at radius 1 is 1.08 bits per heavy atom. The van der Waals surface area contributed by atoms with Crippen LogP contribution >= 0.6 is 0 Å². The van der Waals surface area contributed by atoms with Crippen molar-refractivity contribution in [1.82, 2.24) is 0 Å². The summed E-state index contributed by atoms with van der Waals surface area (Å²) in [5.74, 6) is -0.696. The second kappa shape index (κ2) is 8.16. The average Bonchev–Trinajstić information content (AvgIpc) is 2.60. The smallest absolute Gasteiger partial charge is 0.261 e. The molecule has 134 valence electrons. The van der Waals surface area contributed by atoms with Gasteiger partial charge in [-0.15, -0.1) is 0 Å². The number of benzene rings is 2. The van der Waals surface area contributed by atoms with Gasteiger partial charge in [0.1, 0.15) is 0 Å². The molecule has 5 nitrogen and oxygen atoms in total. The zero-order valence-corrected chi connectivity index (χ0v) is 15.2. The third-order valence-electron chi connectivity index (χ3n) is 4.20. The molecular weight excluding hydrogens is 338 g/mol. The zero-order chi connectivity index (χ0) is 18.4. The number of carboxylic acid groups (broad SMARTS) is 1. The molecule has 2 aromatic rings. The Morgan fingerprint density at radius 2 is 1.68 bits per heavy atom. The van der Waals surface area contributed by atoms with Gasteiger partial charge in [0, 0.05) is 11.7 Å². The van der Waals surface area contributed by atoms with Gasteiger partial charge in [0.15, 0.2) is 0 Å². The van der Waals surface area contributed by atoms with Gasteiger partial charge in [-0.05, 0) is 60.6 Å². The lowest BCUT2D eigenvalue weighted by atomic mass is 9.99. The fourth-order valence-corrected chi connectivity index (χ4v) is 3.47. The van der Waals surface area contributed by atoms with Gasteiger partial charge >= 0.3 is 0 Å². The third-order valence-corrected chi connectivity index (χ3v) is 5.59. The summed E-state index contributed by atoms with van der Waals surface area (Å²) in [4.78, 5) is 10.6. The van der Waals surface area contributed by atoms with Crippen molar-refractivity contribution >= 4 is 21.7 Å². The van der Waals surface area contributed by atoms with Crippen LogP contribution in [0.3, 0.4) is 0 Å². The summed E-state index contributed by atoms with van der Waals surface area (Å²) < 4.78 is 27.4. The number of carboxylic acids is 1. The highest BCUT2D eigenvalue weighted by atomic mass is 32.2. The van der Waals surface area contributed by atoms with E-state index in [-0.39, 0.29) is 11.3 Å². The van der Waals surface area contributed by atoms with Crippen LogP contribution < -0.4 is 9.83 Å². The minimum Gasteiger partial charge on any atom is -0.550 e.